The predicted molar refractivity (Wildman–Crippen MR) is 73.0 cm³/mol. The summed E-state index contributed by atoms with van der Waals surface area (Å²) in [5.74, 6) is 0.157. The van der Waals surface area contributed by atoms with Gasteiger partial charge < -0.3 is 10.4 Å². The van der Waals surface area contributed by atoms with Crippen LogP contribution < -0.4 is 5.32 Å². The third-order valence-corrected chi connectivity index (χ3v) is 4.99. The minimum absolute atomic E-state index is 0.0234. The van der Waals surface area contributed by atoms with Gasteiger partial charge in [0.1, 0.15) is 0 Å². The van der Waals surface area contributed by atoms with E-state index in [2.05, 4.69) is 5.32 Å². The van der Waals surface area contributed by atoms with Gasteiger partial charge in [-0.05, 0) is 25.0 Å². The summed E-state index contributed by atoms with van der Waals surface area (Å²) in [6.45, 7) is 4.47. The molecule has 18 heavy (non-hydrogen) atoms. The monoisotopic (exact) mass is 271 g/mol. The molecule has 1 aromatic rings. The topological polar surface area (TPSA) is 66.4 Å². The number of benzene rings is 1. The molecule has 0 unspecified atom stereocenters. The van der Waals surface area contributed by atoms with E-state index in [-0.39, 0.29) is 17.6 Å². The Morgan fingerprint density at radius 2 is 1.94 bits per heavy atom. The fourth-order valence-electron chi connectivity index (χ4n) is 1.52. The first kappa shape index (κ1) is 15.1. The third kappa shape index (κ3) is 4.76. The minimum Gasteiger partial charge on any atom is -0.392 e. The van der Waals surface area contributed by atoms with Gasteiger partial charge in [-0.25, -0.2) is 8.42 Å². The zero-order chi connectivity index (χ0) is 13.6. The fraction of sp³-hybridized carbons (Fsp3) is 0.538. The zero-order valence-electron chi connectivity index (χ0n) is 10.9. The highest BCUT2D eigenvalue weighted by Crippen LogP contribution is 2.05. The van der Waals surface area contributed by atoms with Gasteiger partial charge in [-0.15, -0.1) is 0 Å². The van der Waals surface area contributed by atoms with Crippen LogP contribution in [0.2, 0.25) is 0 Å². The molecule has 0 saturated heterocycles. The summed E-state index contributed by atoms with van der Waals surface area (Å²) in [5, 5.41) is 11.8. The first-order valence-electron chi connectivity index (χ1n) is 6.06. The smallest absolute Gasteiger partial charge is 0.153 e. The summed E-state index contributed by atoms with van der Waals surface area (Å²) >= 11 is 0. The Labute approximate surface area is 109 Å². The highest BCUT2D eigenvalue weighted by Gasteiger charge is 2.14. The summed E-state index contributed by atoms with van der Waals surface area (Å²) in [6.07, 6.45) is 0. The molecule has 0 amide bonds. The van der Waals surface area contributed by atoms with Crippen molar-refractivity contribution in [3.05, 3.63) is 35.4 Å². The van der Waals surface area contributed by atoms with E-state index in [9.17, 15) is 8.42 Å². The zero-order valence-corrected chi connectivity index (χ0v) is 11.7. The van der Waals surface area contributed by atoms with Gasteiger partial charge >= 0.3 is 0 Å². The van der Waals surface area contributed by atoms with Gasteiger partial charge in [-0.1, -0.05) is 24.3 Å². The van der Waals surface area contributed by atoms with Crippen LogP contribution >= 0.6 is 0 Å². The van der Waals surface area contributed by atoms with Crippen molar-refractivity contribution in [3.8, 4) is 0 Å². The minimum atomic E-state index is -2.97. The van der Waals surface area contributed by atoms with E-state index in [0.717, 1.165) is 11.1 Å². The molecule has 0 saturated carbocycles. The number of hydrogen-bond donors (Lipinski definition) is 2. The molecule has 0 aliphatic heterocycles. The molecule has 0 atom stereocenters. The molecule has 0 bridgehead atoms. The first-order valence-corrected chi connectivity index (χ1v) is 7.78. The van der Waals surface area contributed by atoms with Crippen LogP contribution in [0.3, 0.4) is 0 Å². The first-order chi connectivity index (χ1) is 8.45. The molecule has 0 fully saturated rings. The van der Waals surface area contributed by atoms with Crippen LogP contribution in [-0.2, 0) is 23.0 Å². The molecular formula is C13H21NO3S. The van der Waals surface area contributed by atoms with E-state index in [1.807, 2.05) is 24.3 Å². The maximum atomic E-state index is 11.6. The molecule has 5 heteroatoms. The molecule has 0 aromatic heterocycles. The second-order valence-corrected chi connectivity index (χ2v) is 7.25. The normalized spacial score (nSPS) is 12.0. The number of rotatable bonds is 7. The second kappa shape index (κ2) is 6.87. The standard InChI is InChI=1S/C13H21NO3S/c1-11(2)18(16,17)7-6-14-9-12-4-3-5-13(8-12)10-15/h3-5,8,11,14-15H,6-7,9-10H2,1-2H3. The Hall–Kier alpha value is -0.910. The molecule has 0 aliphatic rings. The molecule has 0 spiro atoms. The van der Waals surface area contributed by atoms with Crippen molar-refractivity contribution in [2.45, 2.75) is 32.2 Å². The molecule has 2 N–H and O–H groups in total. The number of hydrogen-bond acceptors (Lipinski definition) is 4. The lowest BCUT2D eigenvalue weighted by Crippen LogP contribution is -2.27. The SMILES string of the molecule is CC(C)S(=O)(=O)CCNCc1cccc(CO)c1. The molecule has 0 heterocycles. The Morgan fingerprint density at radius 3 is 2.56 bits per heavy atom. The van der Waals surface area contributed by atoms with E-state index < -0.39 is 9.84 Å². The van der Waals surface area contributed by atoms with Gasteiger partial charge in [0.25, 0.3) is 0 Å². The highest BCUT2D eigenvalue weighted by atomic mass is 32.2. The van der Waals surface area contributed by atoms with E-state index in [1.165, 1.54) is 0 Å². The average molecular weight is 271 g/mol. The van der Waals surface area contributed by atoms with Crippen molar-refractivity contribution in [1.29, 1.82) is 0 Å². The van der Waals surface area contributed by atoms with E-state index in [4.69, 9.17) is 5.11 Å². The molecule has 1 aromatic carbocycles. The van der Waals surface area contributed by atoms with Crippen molar-refractivity contribution < 1.29 is 13.5 Å². The highest BCUT2D eigenvalue weighted by molar-refractivity contribution is 7.92. The number of aliphatic hydroxyl groups is 1. The van der Waals surface area contributed by atoms with Crippen LogP contribution in [-0.4, -0.2) is 31.1 Å². The van der Waals surface area contributed by atoms with Gasteiger partial charge in [0, 0.05) is 13.1 Å². The summed E-state index contributed by atoms with van der Waals surface area (Å²) in [6, 6.07) is 7.59. The largest absolute Gasteiger partial charge is 0.392 e. The van der Waals surface area contributed by atoms with Gasteiger partial charge in [0.15, 0.2) is 9.84 Å². The Balaban J connectivity index is 2.38. The molecule has 1 rings (SSSR count). The number of aliphatic hydroxyl groups excluding tert-OH is 1. The van der Waals surface area contributed by atoms with Gasteiger partial charge in [0.2, 0.25) is 0 Å². The van der Waals surface area contributed by atoms with Crippen molar-refractivity contribution >= 4 is 9.84 Å². The predicted octanol–water partition coefficient (Wildman–Crippen LogP) is 1.09. The van der Waals surface area contributed by atoms with Crippen LogP contribution in [0.4, 0.5) is 0 Å². The molecule has 0 radical (unpaired) electrons. The van der Waals surface area contributed by atoms with Crippen LogP contribution in [0.15, 0.2) is 24.3 Å². The maximum Gasteiger partial charge on any atom is 0.153 e. The summed E-state index contributed by atoms with van der Waals surface area (Å²) in [5.41, 5.74) is 1.91. The average Bonchev–Trinajstić information content (AvgIpc) is 2.35. The quantitative estimate of drug-likeness (QED) is 0.729. The summed E-state index contributed by atoms with van der Waals surface area (Å²) < 4.78 is 23.1. The summed E-state index contributed by atoms with van der Waals surface area (Å²) in [4.78, 5) is 0. The second-order valence-electron chi connectivity index (χ2n) is 4.57. The van der Waals surface area contributed by atoms with Crippen LogP contribution in [0.5, 0.6) is 0 Å². The lowest BCUT2D eigenvalue weighted by molar-refractivity contribution is 0.281. The van der Waals surface area contributed by atoms with Gasteiger partial charge in [-0.3, -0.25) is 0 Å². The third-order valence-electron chi connectivity index (χ3n) is 2.78. The van der Waals surface area contributed by atoms with E-state index in [1.54, 1.807) is 13.8 Å². The lowest BCUT2D eigenvalue weighted by atomic mass is 10.1. The molecule has 0 aliphatic carbocycles. The van der Waals surface area contributed by atoms with E-state index in [0.29, 0.717) is 13.1 Å². The van der Waals surface area contributed by atoms with Crippen molar-refractivity contribution in [3.63, 3.8) is 0 Å². The Kier molecular flexibility index (Phi) is 5.78. The van der Waals surface area contributed by atoms with Crippen LogP contribution in [0.25, 0.3) is 0 Å². The van der Waals surface area contributed by atoms with Crippen molar-refractivity contribution in [2.75, 3.05) is 12.3 Å². The van der Waals surface area contributed by atoms with E-state index >= 15 is 0 Å². The number of sulfone groups is 1. The summed E-state index contributed by atoms with van der Waals surface area (Å²) in [7, 11) is -2.97. The Morgan fingerprint density at radius 1 is 1.28 bits per heavy atom. The fourth-order valence-corrected chi connectivity index (χ4v) is 2.42. The maximum absolute atomic E-state index is 11.6. The molecule has 4 nitrogen and oxygen atoms in total. The van der Waals surface area contributed by atoms with Gasteiger partial charge in [0.05, 0.1) is 17.6 Å². The lowest BCUT2D eigenvalue weighted by Gasteiger charge is -2.09. The van der Waals surface area contributed by atoms with Gasteiger partial charge in [-0.2, -0.15) is 0 Å². The number of nitrogens with one attached hydrogen (secondary N) is 1. The Bertz CT molecular complexity index is 469. The molecular weight excluding hydrogens is 250 g/mol. The van der Waals surface area contributed by atoms with Crippen LogP contribution in [0.1, 0.15) is 25.0 Å². The molecule has 102 valence electrons. The van der Waals surface area contributed by atoms with Crippen LogP contribution in [0, 0.1) is 0 Å². The van der Waals surface area contributed by atoms with Crippen molar-refractivity contribution in [1.82, 2.24) is 5.32 Å². The van der Waals surface area contributed by atoms with Crippen molar-refractivity contribution in [2.24, 2.45) is 0 Å².